The van der Waals surface area contributed by atoms with E-state index >= 15 is 0 Å². The molecule has 1 amide bonds. The molecule has 1 aromatic carbocycles. The normalized spacial score (nSPS) is 21.4. The zero-order valence-corrected chi connectivity index (χ0v) is 11.1. The lowest BCUT2D eigenvalue weighted by atomic mass is 10.1. The third-order valence-corrected chi connectivity index (χ3v) is 3.28. The van der Waals surface area contributed by atoms with Crippen LogP contribution in [0.4, 0.5) is 0 Å². The number of likely N-dealkylation sites (tertiary alicyclic amines) is 1. The lowest BCUT2D eigenvalue weighted by molar-refractivity contribution is -0.146. The summed E-state index contributed by atoms with van der Waals surface area (Å²) in [4.78, 5) is 24.2. The van der Waals surface area contributed by atoms with Gasteiger partial charge in [0.15, 0.2) is 0 Å². The van der Waals surface area contributed by atoms with E-state index in [4.69, 9.17) is 10.4 Å². The van der Waals surface area contributed by atoms with Gasteiger partial charge < -0.3 is 15.1 Å². The molecule has 6 heteroatoms. The Morgan fingerprint density at radius 2 is 2.19 bits per heavy atom. The van der Waals surface area contributed by atoms with E-state index in [2.05, 4.69) is 0 Å². The van der Waals surface area contributed by atoms with Gasteiger partial charge in [-0.05, 0) is 23.8 Å². The molecule has 0 bridgehead atoms. The van der Waals surface area contributed by atoms with Gasteiger partial charge in [-0.2, -0.15) is 5.26 Å². The van der Waals surface area contributed by atoms with E-state index in [9.17, 15) is 14.7 Å². The largest absolute Gasteiger partial charge is 0.480 e. The SMILES string of the molecule is N#Cc1cccc(C=CC(=O)N2C[C@@H](O)C[C@H]2C(=O)O)c1. The van der Waals surface area contributed by atoms with Crippen molar-refractivity contribution in [2.45, 2.75) is 18.6 Å². The summed E-state index contributed by atoms with van der Waals surface area (Å²) >= 11 is 0. The first kappa shape index (κ1) is 14.8. The van der Waals surface area contributed by atoms with Gasteiger partial charge in [-0.1, -0.05) is 12.1 Å². The smallest absolute Gasteiger partial charge is 0.326 e. The number of β-amino-alcohol motifs (C(OH)–C–C–N with tert-alkyl or cyclic N) is 1. The summed E-state index contributed by atoms with van der Waals surface area (Å²) in [7, 11) is 0. The number of hydrogen-bond donors (Lipinski definition) is 2. The molecule has 6 nitrogen and oxygen atoms in total. The molecule has 2 atom stereocenters. The Kier molecular flexibility index (Phi) is 4.36. The van der Waals surface area contributed by atoms with Gasteiger partial charge in [0.2, 0.25) is 5.91 Å². The molecular weight excluding hydrogens is 272 g/mol. The number of aliphatic hydroxyl groups excluding tert-OH is 1. The van der Waals surface area contributed by atoms with Gasteiger partial charge in [-0.25, -0.2) is 4.79 Å². The predicted octanol–water partition coefficient (Wildman–Crippen LogP) is 0.618. The molecule has 0 radical (unpaired) electrons. The maximum absolute atomic E-state index is 12.0. The van der Waals surface area contributed by atoms with Gasteiger partial charge in [-0.15, -0.1) is 0 Å². The van der Waals surface area contributed by atoms with Gasteiger partial charge in [0, 0.05) is 19.0 Å². The Morgan fingerprint density at radius 3 is 2.86 bits per heavy atom. The molecule has 108 valence electrons. The standard InChI is InChI=1S/C15H14N2O4/c16-8-11-3-1-2-10(6-11)4-5-14(19)17-9-12(18)7-13(17)15(20)21/h1-6,12-13,18H,7,9H2,(H,20,21)/t12-,13-/m0/s1. The van der Waals surface area contributed by atoms with E-state index in [1.54, 1.807) is 24.3 Å². The number of rotatable bonds is 3. The zero-order valence-electron chi connectivity index (χ0n) is 11.1. The van der Waals surface area contributed by atoms with E-state index in [0.717, 1.165) is 4.90 Å². The van der Waals surface area contributed by atoms with Crippen molar-refractivity contribution in [2.24, 2.45) is 0 Å². The molecule has 1 aliphatic heterocycles. The minimum atomic E-state index is -1.13. The maximum atomic E-state index is 12.0. The van der Waals surface area contributed by atoms with Crippen LogP contribution in [-0.4, -0.2) is 45.7 Å². The molecule has 2 rings (SSSR count). The van der Waals surface area contributed by atoms with Crippen LogP contribution in [-0.2, 0) is 9.59 Å². The fourth-order valence-electron chi connectivity index (χ4n) is 2.27. The second kappa shape index (κ2) is 6.20. The first-order valence-electron chi connectivity index (χ1n) is 6.41. The van der Waals surface area contributed by atoms with Crippen LogP contribution >= 0.6 is 0 Å². The molecule has 1 heterocycles. The van der Waals surface area contributed by atoms with Crippen molar-refractivity contribution in [1.29, 1.82) is 5.26 Å². The molecule has 2 N–H and O–H groups in total. The van der Waals surface area contributed by atoms with E-state index < -0.39 is 24.0 Å². The molecular formula is C15H14N2O4. The number of hydrogen-bond acceptors (Lipinski definition) is 4. The summed E-state index contributed by atoms with van der Waals surface area (Å²) in [6, 6.07) is 7.70. The van der Waals surface area contributed by atoms with Gasteiger partial charge >= 0.3 is 5.97 Å². The number of carbonyl (C=O) groups is 2. The van der Waals surface area contributed by atoms with Gasteiger partial charge in [0.1, 0.15) is 6.04 Å². The minimum Gasteiger partial charge on any atom is -0.480 e. The van der Waals surface area contributed by atoms with Crippen LogP contribution in [0.2, 0.25) is 0 Å². The lowest BCUT2D eigenvalue weighted by Gasteiger charge is -2.19. The number of carboxylic acid groups (broad SMARTS) is 1. The second-order valence-corrected chi connectivity index (χ2v) is 4.80. The third kappa shape index (κ3) is 3.46. The van der Waals surface area contributed by atoms with Crippen LogP contribution in [0.25, 0.3) is 6.08 Å². The van der Waals surface area contributed by atoms with E-state index in [0.29, 0.717) is 11.1 Å². The van der Waals surface area contributed by atoms with Gasteiger partial charge in [0.25, 0.3) is 0 Å². The molecule has 1 fully saturated rings. The monoisotopic (exact) mass is 286 g/mol. The van der Waals surface area contributed by atoms with Crippen molar-refractivity contribution in [3.8, 4) is 6.07 Å². The highest BCUT2D eigenvalue weighted by molar-refractivity contribution is 5.94. The Morgan fingerprint density at radius 1 is 1.43 bits per heavy atom. The van der Waals surface area contributed by atoms with E-state index in [-0.39, 0.29) is 13.0 Å². The Labute approximate surface area is 121 Å². The minimum absolute atomic E-state index is 0.0123. The number of aliphatic hydroxyl groups is 1. The van der Waals surface area contributed by atoms with Gasteiger partial charge in [-0.3, -0.25) is 4.79 Å². The Bertz CT molecular complexity index is 633. The number of aliphatic carboxylic acids is 1. The number of benzene rings is 1. The van der Waals surface area contributed by atoms with E-state index in [1.807, 2.05) is 6.07 Å². The van der Waals surface area contributed by atoms with Crippen LogP contribution in [0.3, 0.4) is 0 Å². The molecule has 0 spiro atoms. The van der Waals surface area contributed by atoms with Crippen LogP contribution in [0, 0.1) is 11.3 Å². The van der Waals surface area contributed by atoms with Crippen LogP contribution in [0.5, 0.6) is 0 Å². The van der Waals surface area contributed by atoms with Crippen LogP contribution < -0.4 is 0 Å². The summed E-state index contributed by atoms with van der Waals surface area (Å²) in [5.74, 6) is -1.60. The molecule has 0 unspecified atom stereocenters. The highest BCUT2D eigenvalue weighted by Gasteiger charge is 2.37. The number of carboxylic acids is 1. The fourth-order valence-corrected chi connectivity index (χ4v) is 2.27. The predicted molar refractivity (Wildman–Crippen MR) is 74.0 cm³/mol. The number of nitrogens with zero attached hydrogens (tertiary/aromatic N) is 2. The van der Waals surface area contributed by atoms with Crippen molar-refractivity contribution in [3.05, 3.63) is 41.5 Å². The molecule has 1 saturated heterocycles. The number of nitriles is 1. The van der Waals surface area contributed by atoms with Crippen LogP contribution in [0.15, 0.2) is 30.3 Å². The summed E-state index contributed by atoms with van der Waals surface area (Å²) < 4.78 is 0. The van der Waals surface area contributed by atoms with Crippen molar-refractivity contribution in [3.63, 3.8) is 0 Å². The Balaban J connectivity index is 2.11. The van der Waals surface area contributed by atoms with E-state index in [1.165, 1.54) is 12.2 Å². The average Bonchev–Trinajstić information content (AvgIpc) is 2.87. The van der Waals surface area contributed by atoms with Crippen molar-refractivity contribution < 1.29 is 19.8 Å². The molecule has 21 heavy (non-hydrogen) atoms. The Hall–Kier alpha value is -2.65. The molecule has 1 aromatic rings. The summed E-state index contributed by atoms with van der Waals surface area (Å²) in [5.41, 5.74) is 1.15. The number of amides is 1. The summed E-state index contributed by atoms with van der Waals surface area (Å²) in [5, 5.41) is 27.3. The fraction of sp³-hybridized carbons (Fsp3) is 0.267. The van der Waals surface area contributed by atoms with Crippen molar-refractivity contribution in [1.82, 2.24) is 4.90 Å². The first-order chi connectivity index (χ1) is 10.0. The van der Waals surface area contributed by atoms with Crippen molar-refractivity contribution in [2.75, 3.05) is 6.54 Å². The quantitative estimate of drug-likeness (QED) is 0.793. The first-order valence-corrected chi connectivity index (χ1v) is 6.41. The highest BCUT2D eigenvalue weighted by Crippen LogP contribution is 2.19. The maximum Gasteiger partial charge on any atom is 0.326 e. The molecule has 0 aromatic heterocycles. The summed E-state index contributed by atoms with van der Waals surface area (Å²) in [6.45, 7) is 0.0123. The second-order valence-electron chi connectivity index (χ2n) is 4.80. The molecule has 0 aliphatic carbocycles. The summed E-state index contributed by atoms with van der Waals surface area (Å²) in [6.07, 6.45) is 2.00. The molecule has 0 saturated carbocycles. The highest BCUT2D eigenvalue weighted by atomic mass is 16.4. The van der Waals surface area contributed by atoms with Crippen molar-refractivity contribution >= 4 is 18.0 Å². The van der Waals surface area contributed by atoms with Crippen LogP contribution in [0.1, 0.15) is 17.5 Å². The zero-order chi connectivity index (χ0) is 15.4. The average molecular weight is 286 g/mol. The lowest BCUT2D eigenvalue weighted by Crippen LogP contribution is -2.39. The van der Waals surface area contributed by atoms with Gasteiger partial charge in [0.05, 0.1) is 17.7 Å². The number of carbonyl (C=O) groups excluding carboxylic acids is 1. The topological polar surface area (TPSA) is 102 Å². The molecule has 1 aliphatic rings. The third-order valence-electron chi connectivity index (χ3n) is 3.28.